The van der Waals surface area contributed by atoms with Gasteiger partial charge in [0, 0.05) is 0 Å². The number of terminal acetylenes is 1. The van der Waals surface area contributed by atoms with E-state index in [2.05, 4.69) is 21.3 Å². The van der Waals surface area contributed by atoms with E-state index in [1.165, 1.54) is 7.11 Å². The monoisotopic (exact) mass is 272 g/mol. The lowest BCUT2D eigenvalue weighted by Gasteiger charge is -2.10. The first-order valence-electron chi connectivity index (χ1n) is 5.62. The highest BCUT2D eigenvalue weighted by Gasteiger charge is 2.19. The van der Waals surface area contributed by atoms with Gasteiger partial charge < -0.3 is 15.2 Å². The van der Waals surface area contributed by atoms with Crippen molar-refractivity contribution in [1.82, 2.24) is 15.4 Å². The maximum Gasteiger partial charge on any atom is 0.271 e. The van der Waals surface area contributed by atoms with E-state index in [4.69, 9.17) is 21.6 Å². The Balaban J connectivity index is 2.54. The number of ether oxygens (including phenoxy) is 2. The van der Waals surface area contributed by atoms with Crippen LogP contribution in [0.4, 0.5) is 0 Å². The summed E-state index contributed by atoms with van der Waals surface area (Å²) in [6, 6.07) is 5.04. The van der Waals surface area contributed by atoms with E-state index in [9.17, 15) is 4.79 Å². The Kier molecular flexibility index (Phi) is 3.86. The molecule has 0 radical (unpaired) electrons. The normalized spacial score (nSPS) is 9.80. The van der Waals surface area contributed by atoms with Crippen molar-refractivity contribution in [2.24, 2.45) is 5.73 Å². The fraction of sp³-hybridized carbons (Fsp3) is 0.154. The van der Waals surface area contributed by atoms with Crippen molar-refractivity contribution in [3.8, 4) is 35.1 Å². The molecule has 1 heterocycles. The average molecular weight is 272 g/mol. The Labute approximate surface area is 115 Å². The summed E-state index contributed by atoms with van der Waals surface area (Å²) in [5.74, 6) is 2.70. The molecular formula is C13H12N4O3. The van der Waals surface area contributed by atoms with Crippen LogP contribution in [0, 0.1) is 12.3 Å². The topological polar surface area (TPSA) is 103 Å². The summed E-state index contributed by atoms with van der Waals surface area (Å²) in [5, 5.41) is 10.0. The fourth-order valence-electron chi connectivity index (χ4n) is 1.66. The van der Waals surface area contributed by atoms with Crippen molar-refractivity contribution >= 4 is 5.91 Å². The number of hydrogen-bond donors (Lipinski definition) is 2. The molecule has 102 valence electrons. The van der Waals surface area contributed by atoms with E-state index in [1.54, 1.807) is 18.2 Å². The second-order valence-electron chi connectivity index (χ2n) is 3.74. The predicted molar refractivity (Wildman–Crippen MR) is 71.2 cm³/mol. The molecule has 2 rings (SSSR count). The smallest absolute Gasteiger partial charge is 0.271 e. The molecule has 7 heteroatoms. The van der Waals surface area contributed by atoms with Crippen LogP contribution in [0.5, 0.6) is 11.5 Å². The lowest BCUT2D eigenvalue weighted by atomic mass is 10.1. The number of primary amides is 1. The van der Waals surface area contributed by atoms with Gasteiger partial charge in [0.15, 0.2) is 5.69 Å². The van der Waals surface area contributed by atoms with Gasteiger partial charge in [0.25, 0.3) is 5.91 Å². The van der Waals surface area contributed by atoms with Gasteiger partial charge in [0.05, 0.1) is 12.7 Å². The molecule has 1 aromatic heterocycles. The summed E-state index contributed by atoms with van der Waals surface area (Å²) in [4.78, 5) is 11.3. The van der Waals surface area contributed by atoms with Gasteiger partial charge in [-0.3, -0.25) is 4.79 Å². The standard InChI is InChI=1S/C13H12N4O3/c1-3-6-20-10-5-4-8(19-2)7-9(10)11-12(13(14)18)16-17-15-11/h1,4-5,7H,6H2,2H3,(H2,14,18)(H,15,16,17). The van der Waals surface area contributed by atoms with Gasteiger partial charge in [0.2, 0.25) is 0 Å². The van der Waals surface area contributed by atoms with Crippen LogP contribution in [-0.4, -0.2) is 35.0 Å². The van der Waals surface area contributed by atoms with Crippen LogP contribution < -0.4 is 15.2 Å². The number of rotatable bonds is 5. The molecule has 0 aliphatic carbocycles. The highest BCUT2D eigenvalue weighted by atomic mass is 16.5. The Hall–Kier alpha value is -3.01. The number of carbonyl (C=O) groups excluding carboxylic acids is 1. The second-order valence-corrected chi connectivity index (χ2v) is 3.74. The number of H-pyrrole nitrogens is 1. The summed E-state index contributed by atoms with van der Waals surface area (Å²) in [7, 11) is 1.53. The van der Waals surface area contributed by atoms with Crippen molar-refractivity contribution < 1.29 is 14.3 Å². The number of nitrogens with zero attached hydrogens (tertiary/aromatic N) is 2. The van der Waals surface area contributed by atoms with E-state index in [1.807, 2.05) is 0 Å². The van der Waals surface area contributed by atoms with Crippen molar-refractivity contribution in [1.29, 1.82) is 0 Å². The number of carbonyl (C=O) groups is 1. The highest BCUT2D eigenvalue weighted by molar-refractivity contribution is 5.97. The molecule has 0 saturated carbocycles. The average Bonchev–Trinajstić information content (AvgIpc) is 2.94. The zero-order valence-corrected chi connectivity index (χ0v) is 10.7. The van der Waals surface area contributed by atoms with Crippen LogP contribution in [0.15, 0.2) is 18.2 Å². The SMILES string of the molecule is C#CCOc1ccc(OC)cc1-c1n[nH]nc1C(N)=O. The fourth-order valence-corrected chi connectivity index (χ4v) is 1.66. The largest absolute Gasteiger partial charge is 0.497 e. The molecule has 0 spiro atoms. The summed E-state index contributed by atoms with van der Waals surface area (Å²) in [6.07, 6.45) is 5.17. The summed E-state index contributed by atoms with van der Waals surface area (Å²) in [6.45, 7) is 0.0864. The van der Waals surface area contributed by atoms with Crippen LogP contribution >= 0.6 is 0 Å². The van der Waals surface area contributed by atoms with Gasteiger partial charge >= 0.3 is 0 Å². The van der Waals surface area contributed by atoms with Crippen LogP contribution in [0.25, 0.3) is 11.3 Å². The quantitative estimate of drug-likeness (QED) is 0.775. The van der Waals surface area contributed by atoms with E-state index in [0.717, 1.165) is 0 Å². The first-order chi connectivity index (χ1) is 9.67. The Morgan fingerprint density at radius 3 is 2.95 bits per heavy atom. The Bertz CT molecular complexity index is 672. The summed E-state index contributed by atoms with van der Waals surface area (Å²) in [5.41, 5.74) is 6.07. The van der Waals surface area contributed by atoms with E-state index < -0.39 is 5.91 Å². The molecule has 0 unspecified atom stereocenters. The molecule has 7 nitrogen and oxygen atoms in total. The van der Waals surface area contributed by atoms with Crippen molar-refractivity contribution in [3.63, 3.8) is 0 Å². The zero-order chi connectivity index (χ0) is 14.5. The third-order valence-corrected chi connectivity index (χ3v) is 2.53. The zero-order valence-electron chi connectivity index (χ0n) is 10.7. The number of benzene rings is 1. The van der Waals surface area contributed by atoms with Gasteiger partial charge in [-0.1, -0.05) is 5.92 Å². The predicted octanol–water partition coefficient (Wildman–Crippen LogP) is 0.591. The molecule has 2 aromatic rings. The van der Waals surface area contributed by atoms with Gasteiger partial charge in [-0.2, -0.15) is 15.4 Å². The highest BCUT2D eigenvalue weighted by Crippen LogP contribution is 2.33. The molecule has 0 atom stereocenters. The minimum atomic E-state index is -0.695. The molecule has 0 saturated heterocycles. The lowest BCUT2D eigenvalue weighted by Crippen LogP contribution is -2.13. The van der Waals surface area contributed by atoms with Gasteiger partial charge in [-0.15, -0.1) is 6.42 Å². The first-order valence-corrected chi connectivity index (χ1v) is 5.62. The lowest BCUT2D eigenvalue weighted by molar-refractivity contribution is 0.0996. The molecule has 0 aliphatic heterocycles. The van der Waals surface area contributed by atoms with Crippen molar-refractivity contribution in [2.45, 2.75) is 0 Å². The number of aromatic amines is 1. The molecule has 1 amide bonds. The maximum atomic E-state index is 11.3. The third-order valence-electron chi connectivity index (χ3n) is 2.53. The molecule has 3 N–H and O–H groups in total. The van der Waals surface area contributed by atoms with E-state index in [0.29, 0.717) is 17.1 Å². The first kappa shape index (κ1) is 13.4. The molecule has 20 heavy (non-hydrogen) atoms. The second kappa shape index (κ2) is 5.75. The molecular weight excluding hydrogens is 260 g/mol. The number of nitrogens with two attached hydrogens (primary N) is 1. The Morgan fingerprint density at radius 1 is 1.50 bits per heavy atom. The third kappa shape index (κ3) is 2.54. The van der Waals surface area contributed by atoms with Crippen LogP contribution in [0.2, 0.25) is 0 Å². The molecule has 1 aromatic carbocycles. The van der Waals surface area contributed by atoms with Gasteiger partial charge in [-0.05, 0) is 18.2 Å². The molecule has 0 fully saturated rings. The summed E-state index contributed by atoms with van der Waals surface area (Å²) < 4.78 is 10.6. The number of hydrogen-bond acceptors (Lipinski definition) is 5. The minimum absolute atomic E-state index is 0.0174. The van der Waals surface area contributed by atoms with Crippen LogP contribution in [-0.2, 0) is 0 Å². The van der Waals surface area contributed by atoms with Crippen molar-refractivity contribution in [2.75, 3.05) is 13.7 Å². The van der Waals surface area contributed by atoms with Gasteiger partial charge in [-0.25, -0.2) is 0 Å². The number of amides is 1. The van der Waals surface area contributed by atoms with E-state index in [-0.39, 0.29) is 18.0 Å². The Morgan fingerprint density at radius 2 is 2.30 bits per heavy atom. The van der Waals surface area contributed by atoms with Crippen molar-refractivity contribution in [3.05, 3.63) is 23.9 Å². The summed E-state index contributed by atoms with van der Waals surface area (Å²) >= 11 is 0. The van der Waals surface area contributed by atoms with Crippen LogP contribution in [0.1, 0.15) is 10.5 Å². The van der Waals surface area contributed by atoms with Gasteiger partial charge in [0.1, 0.15) is 23.8 Å². The molecule has 0 bridgehead atoms. The van der Waals surface area contributed by atoms with E-state index >= 15 is 0 Å². The van der Waals surface area contributed by atoms with Crippen LogP contribution in [0.3, 0.4) is 0 Å². The number of methoxy groups -OCH3 is 1. The number of nitrogens with one attached hydrogen (secondary N) is 1. The minimum Gasteiger partial charge on any atom is -0.497 e. The number of aromatic nitrogens is 3. The molecule has 0 aliphatic rings. The maximum absolute atomic E-state index is 11.3.